The molecule has 6 rings (SSSR count). The van der Waals surface area contributed by atoms with Crippen LogP contribution in [0.15, 0.2) is 30.9 Å². The Hall–Kier alpha value is -3.76. The number of pyridine rings is 1. The van der Waals surface area contributed by atoms with Gasteiger partial charge in [-0.1, -0.05) is 0 Å². The minimum atomic E-state index is -2.59. The summed E-state index contributed by atoms with van der Waals surface area (Å²) in [4.78, 5) is 22.1. The highest BCUT2D eigenvalue weighted by atomic mass is 19.1. The van der Waals surface area contributed by atoms with Gasteiger partial charge in [0.2, 0.25) is 17.7 Å². The number of ether oxygens (including phenoxy) is 1. The van der Waals surface area contributed by atoms with E-state index in [0.717, 1.165) is 25.7 Å². The maximum absolute atomic E-state index is 15.1. The number of nitrogens with zero attached hydrogens (tertiary/aromatic N) is 7. The number of carbonyl (C=O) groups is 1. The van der Waals surface area contributed by atoms with Gasteiger partial charge in [0.05, 0.1) is 18.9 Å². The summed E-state index contributed by atoms with van der Waals surface area (Å²) in [6, 6.07) is 3.61. The molecule has 5 heterocycles. The van der Waals surface area contributed by atoms with Crippen LogP contribution in [0.1, 0.15) is 36.6 Å². The summed E-state index contributed by atoms with van der Waals surface area (Å²) in [5, 5.41) is 12.0. The Bertz CT molecular complexity index is 1500. The van der Waals surface area contributed by atoms with Crippen molar-refractivity contribution in [3.05, 3.63) is 36.7 Å². The SMILES string of the molecule is [2H]C([2H])([2H])C(=O)N1CC2(CCC(Nc3nc(OC)c4c(-c5ccc6ncnn6c5)c(F)cn4n3)CC2)C1. The van der Waals surface area contributed by atoms with Gasteiger partial charge in [-0.15, -0.1) is 5.10 Å². The first-order valence-electron chi connectivity index (χ1n) is 12.6. The number of aromatic nitrogens is 6. The summed E-state index contributed by atoms with van der Waals surface area (Å²) in [6.07, 6.45) is 7.79. The zero-order chi connectivity index (χ0) is 25.9. The number of anilines is 1. The van der Waals surface area contributed by atoms with Crippen LogP contribution in [-0.4, -0.2) is 66.2 Å². The molecule has 1 saturated heterocycles. The molecule has 1 amide bonds. The van der Waals surface area contributed by atoms with Crippen LogP contribution in [-0.2, 0) is 4.79 Å². The van der Waals surface area contributed by atoms with Crippen LogP contribution in [0, 0.1) is 11.2 Å². The van der Waals surface area contributed by atoms with E-state index < -0.39 is 18.6 Å². The molecule has 4 aromatic heterocycles. The minimum Gasteiger partial charge on any atom is -0.479 e. The second kappa shape index (κ2) is 7.64. The van der Waals surface area contributed by atoms with Gasteiger partial charge in [-0.3, -0.25) is 4.79 Å². The topological polar surface area (TPSA) is 102 Å². The molecule has 0 aromatic carbocycles. The first kappa shape index (κ1) is 17.7. The summed E-state index contributed by atoms with van der Waals surface area (Å²) >= 11 is 0. The molecular formula is C23H25FN8O2. The van der Waals surface area contributed by atoms with Gasteiger partial charge in [0, 0.05) is 47.3 Å². The van der Waals surface area contributed by atoms with E-state index in [1.165, 1.54) is 29.0 Å². The van der Waals surface area contributed by atoms with Crippen LogP contribution in [0.4, 0.5) is 10.3 Å². The highest BCUT2D eigenvalue weighted by Gasteiger charge is 2.46. The number of nitrogens with one attached hydrogen (secondary N) is 1. The number of hydrogen-bond acceptors (Lipinski definition) is 7. The third kappa shape index (κ3) is 3.34. The maximum atomic E-state index is 15.1. The first-order valence-corrected chi connectivity index (χ1v) is 11.1. The average molecular weight is 468 g/mol. The monoisotopic (exact) mass is 467 g/mol. The highest BCUT2D eigenvalue weighted by Crippen LogP contribution is 2.44. The van der Waals surface area contributed by atoms with E-state index in [0.29, 0.717) is 41.3 Å². The van der Waals surface area contributed by atoms with Crippen LogP contribution < -0.4 is 10.1 Å². The van der Waals surface area contributed by atoms with Gasteiger partial charge in [0.25, 0.3) is 0 Å². The quantitative estimate of drug-likeness (QED) is 0.492. The van der Waals surface area contributed by atoms with Crippen molar-refractivity contribution in [1.82, 2.24) is 34.1 Å². The van der Waals surface area contributed by atoms with Gasteiger partial charge in [-0.05, 0) is 37.8 Å². The number of rotatable bonds is 4. The molecule has 34 heavy (non-hydrogen) atoms. The zero-order valence-electron chi connectivity index (χ0n) is 21.5. The lowest BCUT2D eigenvalue weighted by Crippen LogP contribution is -2.59. The van der Waals surface area contributed by atoms with Crippen LogP contribution in [0.3, 0.4) is 0 Å². The number of methoxy groups -OCH3 is 1. The molecular weight excluding hydrogens is 439 g/mol. The van der Waals surface area contributed by atoms with E-state index >= 15 is 4.39 Å². The van der Waals surface area contributed by atoms with Gasteiger partial charge in [-0.25, -0.2) is 18.4 Å². The van der Waals surface area contributed by atoms with E-state index in [4.69, 9.17) is 8.85 Å². The molecule has 1 saturated carbocycles. The van der Waals surface area contributed by atoms with Gasteiger partial charge in [0.15, 0.2) is 11.5 Å². The summed E-state index contributed by atoms with van der Waals surface area (Å²) in [6.45, 7) is -1.62. The van der Waals surface area contributed by atoms with E-state index in [1.807, 2.05) is 0 Å². The Labute approximate surface area is 199 Å². The molecule has 1 N–H and O–H groups in total. The zero-order valence-corrected chi connectivity index (χ0v) is 18.5. The number of likely N-dealkylation sites (tertiary alicyclic amines) is 1. The number of fused-ring (bicyclic) bond motifs is 2. The fourth-order valence-corrected chi connectivity index (χ4v) is 5.24. The molecule has 0 atom stereocenters. The minimum absolute atomic E-state index is 0.0226. The Balaban J connectivity index is 1.19. The van der Waals surface area contributed by atoms with Crippen molar-refractivity contribution in [1.29, 1.82) is 0 Å². The number of carbonyl (C=O) groups excluding carboxylic acids is 1. The average Bonchev–Trinajstić information content (AvgIpc) is 3.44. The van der Waals surface area contributed by atoms with E-state index in [2.05, 4.69) is 25.5 Å². The molecule has 1 aliphatic heterocycles. The van der Waals surface area contributed by atoms with Crippen molar-refractivity contribution < 1.29 is 18.0 Å². The molecule has 1 aliphatic carbocycles. The van der Waals surface area contributed by atoms with Crippen LogP contribution in [0.25, 0.3) is 22.3 Å². The molecule has 11 heteroatoms. The Morgan fingerprint density at radius 2 is 2.09 bits per heavy atom. The van der Waals surface area contributed by atoms with Gasteiger partial charge < -0.3 is 15.0 Å². The molecule has 10 nitrogen and oxygen atoms in total. The second-order valence-electron chi connectivity index (χ2n) is 9.15. The van der Waals surface area contributed by atoms with Crippen molar-refractivity contribution in [3.8, 4) is 17.0 Å². The predicted octanol–water partition coefficient (Wildman–Crippen LogP) is 2.79. The van der Waals surface area contributed by atoms with Crippen molar-refractivity contribution in [2.45, 2.75) is 38.6 Å². The number of halogens is 1. The van der Waals surface area contributed by atoms with Crippen molar-refractivity contribution >= 4 is 23.0 Å². The highest BCUT2D eigenvalue weighted by molar-refractivity contribution is 5.85. The summed E-state index contributed by atoms with van der Waals surface area (Å²) < 4.78 is 45.6. The third-order valence-corrected chi connectivity index (χ3v) is 7.03. The third-order valence-electron chi connectivity index (χ3n) is 7.03. The summed E-state index contributed by atoms with van der Waals surface area (Å²) in [5.74, 6) is -0.678. The number of hydrogen-bond donors (Lipinski definition) is 1. The van der Waals surface area contributed by atoms with Gasteiger partial charge in [-0.2, -0.15) is 10.1 Å². The lowest BCUT2D eigenvalue weighted by atomic mass is 9.67. The standard InChI is InChI=1S/C23H25FN8O2/c1-14(33)30-11-23(12-30)7-5-16(6-8-23)27-22-28-21(34-2)20-19(17(24)10-32(20)29-22)15-3-4-18-25-13-26-31(18)9-15/h3-4,9-10,13,16H,5-8,11-12H2,1-2H3,(H,27,29)/i1D3. The molecule has 176 valence electrons. The molecule has 4 aromatic rings. The normalized spacial score (nSPS) is 19.6. The number of amides is 1. The van der Waals surface area contributed by atoms with E-state index in [9.17, 15) is 4.79 Å². The second-order valence-corrected chi connectivity index (χ2v) is 9.15. The molecule has 0 bridgehead atoms. The molecule has 1 spiro atoms. The van der Waals surface area contributed by atoms with Crippen LogP contribution >= 0.6 is 0 Å². The predicted molar refractivity (Wildman–Crippen MR) is 122 cm³/mol. The Kier molecular flexibility index (Phi) is 3.97. The van der Waals surface area contributed by atoms with Crippen molar-refractivity contribution in [2.75, 3.05) is 25.5 Å². The Morgan fingerprint density at radius 1 is 1.26 bits per heavy atom. The fourth-order valence-electron chi connectivity index (χ4n) is 5.24. The molecule has 0 radical (unpaired) electrons. The van der Waals surface area contributed by atoms with E-state index in [1.54, 1.807) is 22.8 Å². The maximum Gasteiger partial charge on any atom is 0.244 e. The summed E-state index contributed by atoms with van der Waals surface area (Å²) in [5.41, 5.74) is 1.92. The van der Waals surface area contributed by atoms with Crippen LogP contribution in [0.5, 0.6) is 5.88 Å². The lowest BCUT2D eigenvalue weighted by Gasteiger charge is -2.53. The lowest BCUT2D eigenvalue weighted by molar-refractivity contribution is -0.143. The molecule has 0 unspecified atom stereocenters. The largest absolute Gasteiger partial charge is 0.479 e. The van der Waals surface area contributed by atoms with Crippen LogP contribution in [0.2, 0.25) is 0 Å². The smallest absolute Gasteiger partial charge is 0.244 e. The van der Waals surface area contributed by atoms with E-state index in [-0.39, 0.29) is 17.3 Å². The molecule has 2 aliphatic rings. The van der Waals surface area contributed by atoms with Crippen molar-refractivity contribution in [2.24, 2.45) is 5.41 Å². The van der Waals surface area contributed by atoms with Gasteiger partial charge >= 0.3 is 0 Å². The van der Waals surface area contributed by atoms with Gasteiger partial charge in [0.1, 0.15) is 11.8 Å². The fraction of sp³-hybridized carbons (Fsp3) is 0.435. The molecule has 2 fully saturated rings. The van der Waals surface area contributed by atoms with Crippen molar-refractivity contribution in [3.63, 3.8) is 0 Å². The first-order chi connectivity index (χ1) is 17.7. The summed E-state index contributed by atoms with van der Waals surface area (Å²) in [7, 11) is 1.48. The Morgan fingerprint density at radius 3 is 2.85 bits per heavy atom.